The predicted octanol–water partition coefficient (Wildman–Crippen LogP) is 2.12. The van der Waals surface area contributed by atoms with Crippen LogP contribution in [0.25, 0.3) is 0 Å². The van der Waals surface area contributed by atoms with Crippen LogP contribution in [0.15, 0.2) is 12.2 Å². The van der Waals surface area contributed by atoms with Crippen molar-refractivity contribution < 1.29 is 0 Å². The molecule has 0 bridgehead atoms. The van der Waals surface area contributed by atoms with Crippen molar-refractivity contribution in [1.29, 1.82) is 0 Å². The molecule has 0 saturated carbocycles. The summed E-state index contributed by atoms with van der Waals surface area (Å²) in [5.74, 6) is 6.05. The van der Waals surface area contributed by atoms with Crippen molar-refractivity contribution in [1.82, 2.24) is 0 Å². The average Bonchev–Trinajstić information content (AvgIpc) is 1.94. The molecule has 0 radical (unpaired) electrons. The van der Waals surface area contributed by atoms with Gasteiger partial charge in [-0.2, -0.15) is 0 Å². The van der Waals surface area contributed by atoms with Gasteiger partial charge < -0.3 is 0 Å². The topological polar surface area (TPSA) is 0 Å². The van der Waals surface area contributed by atoms with Gasteiger partial charge in [0.2, 0.25) is 0 Å². The van der Waals surface area contributed by atoms with E-state index in [1.807, 2.05) is 0 Å². The normalized spacial score (nSPS) is 18.8. The van der Waals surface area contributed by atoms with Crippen LogP contribution < -0.4 is 0 Å². The molecule has 0 aromatic rings. The highest BCUT2D eigenvalue weighted by atomic mass is 14.0. The van der Waals surface area contributed by atoms with Gasteiger partial charge in [0.1, 0.15) is 0 Å². The Morgan fingerprint density at radius 1 is 1.38 bits per heavy atom. The molecule has 0 fully saturated rings. The van der Waals surface area contributed by atoms with Crippen molar-refractivity contribution in [3.63, 3.8) is 0 Å². The number of hydrogen-bond acceptors (Lipinski definition) is 0. The van der Waals surface area contributed by atoms with Crippen molar-refractivity contribution >= 4 is 0 Å². The van der Waals surface area contributed by atoms with Crippen molar-refractivity contribution in [3.05, 3.63) is 12.2 Å². The first-order valence-electron chi connectivity index (χ1n) is 3.06. The van der Waals surface area contributed by atoms with E-state index in [4.69, 9.17) is 0 Å². The predicted molar refractivity (Wildman–Crippen MR) is 35.4 cm³/mol. The lowest BCUT2D eigenvalue weighted by Crippen LogP contribution is -1.72. The summed E-state index contributed by atoms with van der Waals surface area (Å²) in [4.78, 5) is 0. The van der Waals surface area contributed by atoms with E-state index in [9.17, 15) is 0 Å². The van der Waals surface area contributed by atoms with Crippen molar-refractivity contribution in [2.75, 3.05) is 0 Å². The number of allylic oxidation sites excluding steroid dienone is 1. The smallest absolute Gasteiger partial charge is 0.00924 e. The first-order valence-corrected chi connectivity index (χ1v) is 3.06. The summed E-state index contributed by atoms with van der Waals surface area (Å²) in [5, 5.41) is 0. The van der Waals surface area contributed by atoms with Gasteiger partial charge in [-0.3, -0.25) is 0 Å². The third kappa shape index (κ3) is 1.42. The van der Waals surface area contributed by atoms with Gasteiger partial charge in [0.25, 0.3) is 0 Å². The summed E-state index contributed by atoms with van der Waals surface area (Å²) in [6.07, 6.45) is 4.71. The largest absolute Gasteiger partial charge is 0.0983 e. The SMILES string of the molecule is C=C1C#CCCCC1. The molecule has 0 aromatic heterocycles. The minimum atomic E-state index is 1.07. The van der Waals surface area contributed by atoms with Gasteiger partial charge in [-0.05, 0) is 24.8 Å². The van der Waals surface area contributed by atoms with Crippen LogP contribution in [-0.4, -0.2) is 0 Å². The number of hydrogen-bond donors (Lipinski definition) is 0. The van der Waals surface area contributed by atoms with E-state index < -0.39 is 0 Å². The van der Waals surface area contributed by atoms with Crippen LogP contribution in [-0.2, 0) is 0 Å². The van der Waals surface area contributed by atoms with Gasteiger partial charge in [0.05, 0.1) is 0 Å². The molecule has 1 aliphatic rings. The van der Waals surface area contributed by atoms with Crippen molar-refractivity contribution in [2.45, 2.75) is 25.7 Å². The Labute approximate surface area is 50.6 Å². The molecular formula is C8H10. The minimum Gasteiger partial charge on any atom is -0.0983 e. The molecule has 8 heavy (non-hydrogen) atoms. The van der Waals surface area contributed by atoms with E-state index in [0.717, 1.165) is 18.4 Å². The number of rotatable bonds is 0. The summed E-state index contributed by atoms with van der Waals surface area (Å²) in [6.45, 7) is 3.80. The lowest BCUT2D eigenvalue weighted by atomic mass is 10.2. The molecule has 0 N–H and O–H groups in total. The molecule has 0 heterocycles. The van der Waals surface area contributed by atoms with E-state index >= 15 is 0 Å². The van der Waals surface area contributed by atoms with Crippen LogP contribution in [0.3, 0.4) is 0 Å². The van der Waals surface area contributed by atoms with Gasteiger partial charge in [-0.25, -0.2) is 0 Å². The fourth-order valence-electron chi connectivity index (χ4n) is 0.802. The lowest BCUT2D eigenvalue weighted by molar-refractivity contribution is 0.771. The molecule has 0 atom stereocenters. The molecule has 1 aliphatic carbocycles. The van der Waals surface area contributed by atoms with Gasteiger partial charge >= 0.3 is 0 Å². The highest BCUT2D eigenvalue weighted by Crippen LogP contribution is 2.08. The second-order valence-electron chi connectivity index (χ2n) is 2.11. The minimum absolute atomic E-state index is 1.07. The molecule has 0 spiro atoms. The van der Waals surface area contributed by atoms with Crippen LogP contribution in [0.1, 0.15) is 25.7 Å². The van der Waals surface area contributed by atoms with Crippen LogP contribution in [0.4, 0.5) is 0 Å². The van der Waals surface area contributed by atoms with Gasteiger partial charge in [-0.1, -0.05) is 18.4 Å². The highest BCUT2D eigenvalue weighted by Gasteiger charge is 1.92. The van der Waals surface area contributed by atoms with Crippen LogP contribution >= 0.6 is 0 Å². The Bertz CT molecular complexity index is 143. The van der Waals surface area contributed by atoms with Gasteiger partial charge in [-0.15, -0.1) is 0 Å². The molecule has 0 saturated heterocycles. The summed E-state index contributed by atoms with van der Waals surface area (Å²) >= 11 is 0. The zero-order valence-corrected chi connectivity index (χ0v) is 5.04. The standard InChI is InChI=1S/C8H10/c1-8-6-4-2-3-5-7-8/h1-4,6H2. The maximum absolute atomic E-state index is 3.80. The molecule has 0 heteroatoms. The Balaban J connectivity index is 2.51. The molecule has 0 unspecified atom stereocenters. The third-order valence-corrected chi connectivity index (χ3v) is 1.30. The Kier molecular flexibility index (Phi) is 1.75. The van der Waals surface area contributed by atoms with E-state index in [1.165, 1.54) is 12.8 Å². The highest BCUT2D eigenvalue weighted by molar-refractivity contribution is 5.26. The van der Waals surface area contributed by atoms with Gasteiger partial charge in [0, 0.05) is 6.42 Å². The molecule has 0 amide bonds. The van der Waals surface area contributed by atoms with E-state index in [0.29, 0.717) is 0 Å². The lowest BCUT2D eigenvalue weighted by Gasteiger charge is -1.89. The Morgan fingerprint density at radius 3 is 3.12 bits per heavy atom. The molecule has 42 valence electrons. The molecule has 0 aliphatic heterocycles. The molecular weight excluding hydrogens is 96.1 g/mol. The quantitative estimate of drug-likeness (QED) is 0.415. The summed E-state index contributed by atoms with van der Waals surface area (Å²) in [7, 11) is 0. The third-order valence-electron chi connectivity index (χ3n) is 1.30. The fraction of sp³-hybridized carbons (Fsp3) is 0.500. The monoisotopic (exact) mass is 106 g/mol. The second kappa shape index (κ2) is 2.57. The first kappa shape index (κ1) is 5.44. The second-order valence-corrected chi connectivity index (χ2v) is 2.11. The van der Waals surface area contributed by atoms with Crippen LogP contribution in [0, 0.1) is 11.8 Å². The van der Waals surface area contributed by atoms with E-state index in [2.05, 4.69) is 18.4 Å². The van der Waals surface area contributed by atoms with Crippen LogP contribution in [0.2, 0.25) is 0 Å². The first-order chi connectivity index (χ1) is 3.89. The summed E-state index contributed by atoms with van der Waals surface area (Å²) in [6, 6.07) is 0. The Hall–Kier alpha value is -0.700. The van der Waals surface area contributed by atoms with E-state index in [-0.39, 0.29) is 0 Å². The van der Waals surface area contributed by atoms with Crippen molar-refractivity contribution in [2.24, 2.45) is 0 Å². The summed E-state index contributed by atoms with van der Waals surface area (Å²) in [5.41, 5.74) is 1.11. The zero-order chi connectivity index (χ0) is 5.82. The Morgan fingerprint density at radius 2 is 2.25 bits per heavy atom. The average molecular weight is 106 g/mol. The fourth-order valence-corrected chi connectivity index (χ4v) is 0.802. The zero-order valence-electron chi connectivity index (χ0n) is 5.04. The summed E-state index contributed by atoms with van der Waals surface area (Å²) < 4.78 is 0. The molecule has 0 aromatic carbocycles. The van der Waals surface area contributed by atoms with Gasteiger partial charge in [0.15, 0.2) is 0 Å². The van der Waals surface area contributed by atoms with Crippen LogP contribution in [0.5, 0.6) is 0 Å². The van der Waals surface area contributed by atoms with Crippen molar-refractivity contribution in [3.8, 4) is 11.8 Å². The maximum atomic E-state index is 3.80. The van der Waals surface area contributed by atoms with E-state index in [1.54, 1.807) is 0 Å². The maximum Gasteiger partial charge on any atom is 0.00924 e. The molecule has 0 nitrogen and oxygen atoms in total. The molecule has 1 rings (SSSR count).